The predicted octanol–water partition coefficient (Wildman–Crippen LogP) is 3.55. The number of benzene rings is 1. The van der Waals surface area contributed by atoms with Crippen LogP contribution in [0.3, 0.4) is 0 Å². The molecule has 2 aromatic rings. The molecular formula is C13H14N2O2S. The number of amides is 1. The topological polar surface area (TPSA) is 51.2 Å². The summed E-state index contributed by atoms with van der Waals surface area (Å²) in [6.45, 7) is 2.12. The number of aryl methyl sites for hydroxylation is 1. The Hall–Kier alpha value is -1.88. The van der Waals surface area contributed by atoms with Gasteiger partial charge in [0.05, 0.1) is 12.8 Å². The summed E-state index contributed by atoms with van der Waals surface area (Å²) >= 11 is 1.37. The Bertz CT molecular complexity index is 534. The number of thiazole rings is 1. The van der Waals surface area contributed by atoms with Gasteiger partial charge in [0.25, 0.3) is 0 Å². The number of carbonyl (C=O) groups is 1. The molecule has 0 fully saturated rings. The fourth-order valence-electron chi connectivity index (χ4n) is 1.51. The van der Waals surface area contributed by atoms with E-state index < -0.39 is 6.09 Å². The van der Waals surface area contributed by atoms with Gasteiger partial charge in [-0.05, 0) is 12.0 Å². The molecule has 94 valence electrons. The molecule has 1 heterocycles. The second kappa shape index (κ2) is 5.64. The quantitative estimate of drug-likeness (QED) is 0.920. The molecule has 18 heavy (non-hydrogen) atoms. The average Bonchev–Trinajstić information content (AvgIpc) is 2.87. The summed E-state index contributed by atoms with van der Waals surface area (Å²) in [5.74, 6) is 0. The van der Waals surface area contributed by atoms with Crippen LogP contribution in [0.25, 0.3) is 11.3 Å². The molecule has 0 aliphatic carbocycles. The van der Waals surface area contributed by atoms with Crippen molar-refractivity contribution in [3.63, 3.8) is 0 Å². The normalized spacial score (nSPS) is 10.1. The molecule has 0 bridgehead atoms. The van der Waals surface area contributed by atoms with Crippen LogP contribution in [0.2, 0.25) is 0 Å². The number of rotatable bonds is 3. The van der Waals surface area contributed by atoms with E-state index in [0.29, 0.717) is 5.13 Å². The first-order valence-electron chi connectivity index (χ1n) is 5.62. The lowest BCUT2D eigenvalue weighted by Crippen LogP contribution is -2.10. The van der Waals surface area contributed by atoms with Gasteiger partial charge in [0.15, 0.2) is 5.13 Å². The Morgan fingerprint density at radius 1 is 1.39 bits per heavy atom. The molecule has 0 saturated carbocycles. The van der Waals surface area contributed by atoms with Gasteiger partial charge >= 0.3 is 6.09 Å². The molecule has 1 aromatic carbocycles. The van der Waals surface area contributed by atoms with E-state index >= 15 is 0 Å². The smallest absolute Gasteiger partial charge is 0.413 e. The third kappa shape index (κ3) is 2.87. The van der Waals surface area contributed by atoms with Crippen LogP contribution in [-0.4, -0.2) is 18.2 Å². The first-order valence-corrected chi connectivity index (χ1v) is 6.50. The average molecular weight is 262 g/mol. The summed E-state index contributed by atoms with van der Waals surface area (Å²) in [7, 11) is 1.33. The zero-order chi connectivity index (χ0) is 13.0. The highest BCUT2D eigenvalue weighted by Crippen LogP contribution is 2.25. The summed E-state index contributed by atoms with van der Waals surface area (Å²) in [5, 5.41) is 5.00. The Morgan fingerprint density at radius 3 is 2.72 bits per heavy atom. The van der Waals surface area contributed by atoms with Crippen LogP contribution in [0, 0.1) is 0 Å². The summed E-state index contributed by atoms with van der Waals surface area (Å²) in [6.07, 6.45) is 0.518. The van der Waals surface area contributed by atoms with Crippen molar-refractivity contribution >= 4 is 22.6 Å². The molecule has 0 aliphatic rings. The lowest BCUT2D eigenvalue weighted by atomic mass is 10.1. The van der Waals surface area contributed by atoms with E-state index in [1.165, 1.54) is 24.0 Å². The van der Waals surface area contributed by atoms with Gasteiger partial charge in [0.1, 0.15) is 0 Å². The number of methoxy groups -OCH3 is 1. The van der Waals surface area contributed by atoms with Crippen molar-refractivity contribution in [3.8, 4) is 11.3 Å². The van der Waals surface area contributed by atoms with Gasteiger partial charge < -0.3 is 4.74 Å². The molecule has 1 aromatic heterocycles. The molecule has 0 aliphatic heterocycles. The number of nitrogens with one attached hydrogen (secondary N) is 1. The van der Waals surface area contributed by atoms with Gasteiger partial charge in [-0.3, -0.25) is 5.32 Å². The maximum atomic E-state index is 11.0. The molecule has 0 saturated heterocycles. The van der Waals surface area contributed by atoms with E-state index in [2.05, 4.69) is 34.1 Å². The van der Waals surface area contributed by atoms with Crippen LogP contribution in [0.5, 0.6) is 0 Å². The van der Waals surface area contributed by atoms with Gasteiger partial charge in [0, 0.05) is 10.9 Å². The third-order valence-corrected chi connectivity index (χ3v) is 3.31. The van der Waals surface area contributed by atoms with Crippen LogP contribution < -0.4 is 5.32 Å². The van der Waals surface area contributed by atoms with Crippen molar-refractivity contribution in [2.75, 3.05) is 12.4 Å². The number of nitrogens with zero attached hydrogens (tertiary/aromatic N) is 1. The second-order valence-corrected chi connectivity index (χ2v) is 4.56. The number of anilines is 1. The molecule has 0 radical (unpaired) electrons. The minimum atomic E-state index is -0.503. The number of ether oxygens (including phenoxy) is 1. The van der Waals surface area contributed by atoms with E-state index in [-0.39, 0.29) is 0 Å². The molecule has 1 N–H and O–H groups in total. The van der Waals surface area contributed by atoms with Crippen molar-refractivity contribution in [1.82, 2.24) is 4.98 Å². The lowest BCUT2D eigenvalue weighted by Gasteiger charge is -2.00. The van der Waals surface area contributed by atoms with Gasteiger partial charge in [-0.25, -0.2) is 9.78 Å². The van der Waals surface area contributed by atoms with Crippen molar-refractivity contribution < 1.29 is 9.53 Å². The zero-order valence-corrected chi connectivity index (χ0v) is 11.1. The monoisotopic (exact) mass is 262 g/mol. The maximum Gasteiger partial charge on any atom is 0.413 e. The molecule has 1 amide bonds. The minimum Gasteiger partial charge on any atom is -0.453 e. The van der Waals surface area contributed by atoms with Crippen molar-refractivity contribution in [3.05, 3.63) is 35.2 Å². The largest absolute Gasteiger partial charge is 0.453 e. The second-order valence-electron chi connectivity index (χ2n) is 3.70. The molecule has 0 spiro atoms. The summed E-state index contributed by atoms with van der Waals surface area (Å²) in [5.41, 5.74) is 3.19. The van der Waals surface area contributed by atoms with Gasteiger partial charge in [-0.15, -0.1) is 11.3 Å². The van der Waals surface area contributed by atoms with Crippen molar-refractivity contribution in [1.29, 1.82) is 0 Å². The van der Waals surface area contributed by atoms with E-state index in [9.17, 15) is 4.79 Å². The van der Waals surface area contributed by atoms with E-state index in [4.69, 9.17) is 0 Å². The standard InChI is InChI=1S/C13H14N2O2S/c1-3-9-4-6-10(7-5-9)11-8-18-12(14-11)15-13(16)17-2/h4-8H,3H2,1-2H3,(H,14,15,16). The highest BCUT2D eigenvalue weighted by atomic mass is 32.1. The van der Waals surface area contributed by atoms with Crippen LogP contribution >= 0.6 is 11.3 Å². The Labute approximate surface area is 110 Å². The highest BCUT2D eigenvalue weighted by molar-refractivity contribution is 7.14. The van der Waals surface area contributed by atoms with Crippen molar-refractivity contribution in [2.45, 2.75) is 13.3 Å². The Kier molecular flexibility index (Phi) is 3.94. The molecule has 0 unspecified atom stereocenters. The zero-order valence-electron chi connectivity index (χ0n) is 10.3. The fraction of sp³-hybridized carbons (Fsp3) is 0.231. The number of aromatic nitrogens is 1. The first kappa shape index (κ1) is 12.6. The molecular weight excluding hydrogens is 248 g/mol. The van der Waals surface area contributed by atoms with Crippen LogP contribution in [0.1, 0.15) is 12.5 Å². The number of carbonyl (C=O) groups excluding carboxylic acids is 1. The predicted molar refractivity (Wildman–Crippen MR) is 73.0 cm³/mol. The molecule has 4 nitrogen and oxygen atoms in total. The van der Waals surface area contributed by atoms with Gasteiger partial charge in [-0.1, -0.05) is 31.2 Å². The Morgan fingerprint density at radius 2 is 2.11 bits per heavy atom. The fourth-order valence-corrected chi connectivity index (χ4v) is 2.22. The summed E-state index contributed by atoms with van der Waals surface area (Å²) in [6, 6.07) is 8.25. The van der Waals surface area contributed by atoms with Gasteiger partial charge in [-0.2, -0.15) is 0 Å². The van der Waals surface area contributed by atoms with E-state index in [0.717, 1.165) is 17.7 Å². The lowest BCUT2D eigenvalue weighted by molar-refractivity contribution is 0.187. The van der Waals surface area contributed by atoms with Gasteiger partial charge in [0.2, 0.25) is 0 Å². The van der Waals surface area contributed by atoms with E-state index in [1.54, 1.807) is 0 Å². The van der Waals surface area contributed by atoms with E-state index in [1.807, 2.05) is 17.5 Å². The summed E-state index contributed by atoms with van der Waals surface area (Å²) < 4.78 is 4.52. The minimum absolute atomic E-state index is 0.503. The van der Waals surface area contributed by atoms with Crippen molar-refractivity contribution in [2.24, 2.45) is 0 Å². The molecule has 2 rings (SSSR count). The SMILES string of the molecule is CCc1ccc(-c2csc(NC(=O)OC)n2)cc1. The number of hydrogen-bond acceptors (Lipinski definition) is 4. The van der Waals surface area contributed by atoms with Crippen LogP contribution in [0.4, 0.5) is 9.93 Å². The third-order valence-electron chi connectivity index (χ3n) is 2.56. The molecule has 0 atom stereocenters. The van der Waals surface area contributed by atoms with Crippen LogP contribution in [0.15, 0.2) is 29.6 Å². The maximum absolute atomic E-state index is 11.0. The number of hydrogen-bond donors (Lipinski definition) is 1. The van der Waals surface area contributed by atoms with Crippen LogP contribution in [-0.2, 0) is 11.2 Å². The highest BCUT2D eigenvalue weighted by Gasteiger charge is 2.07. The molecule has 5 heteroatoms. The summed E-state index contributed by atoms with van der Waals surface area (Å²) in [4.78, 5) is 15.4. The Balaban J connectivity index is 2.15. The first-order chi connectivity index (χ1) is 8.72.